The summed E-state index contributed by atoms with van der Waals surface area (Å²) in [6.07, 6.45) is 2.84. The normalized spacial score (nSPS) is 25.1. The maximum atomic E-state index is 12.4. The maximum absolute atomic E-state index is 12.4. The quantitative estimate of drug-likeness (QED) is 0.761. The second-order valence-corrected chi connectivity index (χ2v) is 7.13. The summed E-state index contributed by atoms with van der Waals surface area (Å²) in [4.78, 5) is 14.7. The Morgan fingerprint density at radius 1 is 1.23 bits per heavy atom. The fourth-order valence-corrected chi connectivity index (χ4v) is 3.86. The van der Waals surface area contributed by atoms with Crippen molar-refractivity contribution in [3.63, 3.8) is 0 Å². The summed E-state index contributed by atoms with van der Waals surface area (Å²) in [5.41, 5.74) is 1.40. The second kappa shape index (κ2) is 10.0. The third-order valence-electron chi connectivity index (χ3n) is 5.29. The lowest BCUT2D eigenvalue weighted by molar-refractivity contribution is -0.127. The van der Waals surface area contributed by atoms with Crippen LogP contribution in [0, 0.1) is 0 Å². The van der Waals surface area contributed by atoms with E-state index >= 15 is 0 Å². The average molecular weight is 362 g/mol. The summed E-state index contributed by atoms with van der Waals surface area (Å²) in [7, 11) is 0. The molecular formula is C20H30N2O4. The lowest BCUT2D eigenvalue weighted by atomic mass is 9.89. The number of likely N-dealkylation sites (tertiary alicyclic amines) is 1. The van der Waals surface area contributed by atoms with Crippen molar-refractivity contribution in [3.05, 3.63) is 35.9 Å². The van der Waals surface area contributed by atoms with Gasteiger partial charge in [-0.3, -0.25) is 9.69 Å². The molecule has 6 nitrogen and oxygen atoms in total. The van der Waals surface area contributed by atoms with Crippen molar-refractivity contribution in [2.24, 2.45) is 0 Å². The number of benzene rings is 1. The SMILES string of the molecule is O=C(CN1CCC(c2ccccc2)CC1)N[C@H]1COCC[C@H]1OCCO. The minimum absolute atomic E-state index is 0.00557. The number of hydrogen-bond acceptors (Lipinski definition) is 5. The summed E-state index contributed by atoms with van der Waals surface area (Å²) in [5, 5.41) is 12.0. The number of amides is 1. The highest BCUT2D eigenvalue weighted by atomic mass is 16.5. The molecule has 2 saturated heterocycles. The average Bonchev–Trinajstić information content (AvgIpc) is 2.68. The number of aliphatic hydroxyl groups excluding tert-OH is 1. The van der Waals surface area contributed by atoms with Gasteiger partial charge in [0.25, 0.3) is 0 Å². The van der Waals surface area contributed by atoms with E-state index in [1.165, 1.54) is 5.56 Å². The third kappa shape index (κ3) is 5.51. The fraction of sp³-hybridized carbons (Fsp3) is 0.650. The number of nitrogens with zero attached hydrogens (tertiary/aromatic N) is 1. The van der Waals surface area contributed by atoms with Crippen molar-refractivity contribution >= 4 is 5.91 Å². The molecule has 1 aromatic rings. The first-order valence-corrected chi connectivity index (χ1v) is 9.63. The number of aliphatic hydroxyl groups is 1. The van der Waals surface area contributed by atoms with E-state index in [0.29, 0.717) is 32.3 Å². The Labute approximate surface area is 155 Å². The van der Waals surface area contributed by atoms with Gasteiger partial charge in [0.2, 0.25) is 5.91 Å². The number of piperidine rings is 1. The molecule has 0 aromatic heterocycles. The van der Waals surface area contributed by atoms with Gasteiger partial charge in [-0.15, -0.1) is 0 Å². The zero-order valence-corrected chi connectivity index (χ0v) is 15.3. The van der Waals surface area contributed by atoms with Crippen LogP contribution in [0.1, 0.15) is 30.7 Å². The Balaban J connectivity index is 1.42. The van der Waals surface area contributed by atoms with E-state index in [2.05, 4.69) is 40.5 Å². The number of rotatable bonds is 7. The number of ether oxygens (including phenoxy) is 2. The van der Waals surface area contributed by atoms with Gasteiger partial charge in [0.05, 0.1) is 38.5 Å². The van der Waals surface area contributed by atoms with Crippen molar-refractivity contribution in [1.82, 2.24) is 10.2 Å². The number of carbonyl (C=O) groups excluding carboxylic acids is 1. The van der Waals surface area contributed by atoms with Gasteiger partial charge >= 0.3 is 0 Å². The largest absolute Gasteiger partial charge is 0.394 e. The molecule has 26 heavy (non-hydrogen) atoms. The minimum atomic E-state index is -0.135. The highest BCUT2D eigenvalue weighted by Gasteiger charge is 2.29. The Hall–Kier alpha value is -1.47. The van der Waals surface area contributed by atoms with Crippen LogP contribution in [0.4, 0.5) is 0 Å². The third-order valence-corrected chi connectivity index (χ3v) is 5.29. The molecular weight excluding hydrogens is 332 g/mol. The summed E-state index contributed by atoms with van der Waals surface area (Å²) < 4.78 is 11.1. The van der Waals surface area contributed by atoms with Gasteiger partial charge in [-0.1, -0.05) is 30.3 Å². The van der Waals surface area contributed by atoms with Crippen molar-refractivity contribution < 1.29 is 19.4 Å². The van der Waals surface area contributed by atoms with Gasteiger partial charge in [0.1, 0.15) is 0 Å². The summed E-state index contributed by atoms with van der Waals surface area (Å²) in [6, 6.07) is 10.5. The van der Waals surface area contributed by atoms with Crippen LogP contribution in [0.15, 0.2) is 30.3 Å². The van der Waals surface area contributed by atoms with Crippen LogP contribution in [-0.2, 0) is 14.3 Å². The van der Waals surface area contributed by atoms with Gasteiger partial charge in [-0.05, 0) is 43.8 Å². The first-order chi connectivity index (χ1) is 12.8. The standard InChI is InChI=1S/C20H30N2O4/c23-11-13-26-19-8-12-25-15-18(19)21-20(24)14-22-9-6-17(7-10-22)16-4-2-1-3-5-16/h1-5,17-19,23H,6-15H2,(H,21,24)/t18-,19+/m0/s1. The van der Waals surface area contributed by atoms with E-state index in [0.717, 1.165) is 32.4 Å². The smallest absolute Gasteiger partial charge is 0.234 e. The van der Waals surface area contributed by atoms with Gasteiger partial charge in [-0.25, -0.2) is 0 Å². The van der Waals surface area contributed by atoms with Gasteiger partial charge < -0.3 is 19.9 Å². The molecule has 2 heterocycles. The lowest BCUT2D eigenvalue weighted by Crippen LogP contribution is -2.53. The Kier molecular flexibility index (Phi) is 7.43. The highest BCUT2D eigenvalue weighted by Crippen LogP contribution is 2.27. The van der Waals surface area contributed by atoms with Crippen LogP contribution in [-0.4, -0.2) is 74.1 Å². The molecule has 3 rings (SSSR count). The zero-order valence-electron chi connectivity index (χ0n) is 15.3. The molecule has 2 fully saturated rings. The molecule has 0 aliphatic carbocycles. The van der Waals surface area contributed by atoms with E-state index in [9.17, 15) is 4.79 Å². The van der Waals surface area contributed by atoms with E-state index in [4.69, 9.17) is 14.6 Å². The molecule has 0 unspecified atom stereocenters. The lowest BCUT2D eigenvalue weighted by Gasteiger charge is -2.34. The zero-order chi connectivity index (χ0) is 18.2. The molecule has 2 N–H and O–H groups in total. The van der Waals surface area contributed by atoms with Crippen LogP contribution in [0.3, 0.4) is 0 Å². The first-order valence-electron chi connectivity index (χ1n) is 9.63. The Morgan fingerprint density at radius 2 is 2.00 bits per heavy atom. The highest BCUT2D eigenvalue weighted by molar-refractivity contribution is 5.78. The molecule has 2 aliphatic rings. The predicted octanol–water partition coefficient (Wildman–Crippen LogP) is 1.15. The molecule has 1 amide bonds. The molecule has 1 aromatic carbocycles. The molecule has 0 bridgehead atoms. The van der Waals surface area contributed by atoms with E-state index in [1.807, 2.05) is 0 Å². The van der Waals surface area contributed by atoms with E-state index in [1.54, 1.807) is 0 Å². The summed E-state index contributed by atoms with van der Waals surface area (Å²) in [5.74, 6) is 0.620. The van der Waals surface area contributed by atoms with Crippen molar-refractivity contribution in [2.45, 2.75) is 37.3 Å². The minimum Gasteiger partial charge on any atom is -0.394 e. The molecule has 0 radical (unpaired) electrons. The summed E-state index contributed by atoms with van der Waals surface area (Å²) in [6.45, 7) is 3.70. The molecule has 144 valence electrons. The number of carbonyl (C=O) groups is 1. The van der Waals surface area contributed by atoms with Crippen LogP contribution < -0.4 is 5.32 Å². The molecule has 0 saturated carbocycles. The van der Waals surface area contributed by atoms with Crippen molar-refractivity contribution in [2.75, 3.05) is 46.1 Å². The van der Waals surface area contributed by atoms with Crippen LogP contribution in [0.2, 0.25) is 0 Å². The van der Waals surface area contributed by atoms with Crippen LogP contribution >= 0.6 is 0 Å². The predicted molar refractivity (Wildman–Crippen MR) is 99.0 cm³/mol. The summed E-state index contributed by atoms with van der Waals surface area (Å²) >= 11 is 0. The topological polar surface area (TPSA) is 71.0 Å². The van der Waals surface area contributed by atoms with Gasteiger partial charge in [0, 0.05) is 6.61 Å². The molecule has 0 spiro atoms. The molecule has 6 heteroatoms. The second-order valence-electron chi connectivity index (χ2n) is 7.13. The molecule has 2 aliphatic heterocycles. The maximum Gasteiger partial charge on any atom is 0.234 e. The number of nitrogens with one attached hydrogen (secondary N) is 1. The van der Waals surface area contributed by atoms with Crippen LogP contribution in [0.25, 0.3) is 0 Å². The Morgan fingerprint density at radius 3 is 2.73 bits per heavy atom. The van der Waals surface area contributed by atoms with Crippen molar-refractivity contribution in [1.29, 1.82) is 0 Å². The number of hydrogen-bond donors (Lipinski definition) is 2. The van der Waals surface area contributed by atoms with E-state index < -0.39 is 0 Å². The van der Waals surface area contributed by atoms with Crippen LogP contribution in [0.5, 0.6) is 0 Å². The van der Waals surface area contributed by atoms with E-state index in [-0.39, 0.29) is 24.7 Å². The first kappa shape index (κ1) is 19.3. The Bertz CT molecular complexity index is 546. The molecule has 2 atom stereocenters. The van der Waals surface area contributed by atoms with Gasteiger partial charge in [0.15, 0.2) is 0 Å². The van der Waals surface area contributed by atoms with Gasteiger partial charge in [-0.2, -0.15) is 0 Å². The fourth-order valence-electron chi connectivity index (χ4n) is 3.86. The van der Waals surface area contributed by atoms with Crippen molar-refractivity contribution in [3.8, 4) is 0 Å². The monoisotopic (exact) mass is 362 g/mol.